The van der Waals surface area contributed by atoms with Gasteiger partial charge in [0.15, 0.2) is 11.6 Å². The molecule has 16 heavy (non-hydrogen) atoms. The number of nitrogens with one attached hydrogen (secondary N) is 1. The van der Waals surface area contributed by atoms with Gasteiger partial charge in [-0.05, 0) is 24.0 Å². The Morgan fingerprint density at radius 1 is 1.38 bits per heavy atom. The highest BCUT2D eigenvalue weighted by atomic mass is 19.2. The highest BCUT2D eigenvalue weighted by molar-refractivity contribution is 5.23. The van der Waals surface area contributed by atoms with E-state index in [1.165, 1.54) is 6.07 Å². The van der Waals surface area contributed by atoms with Crippen LogP contribution >= 0.6 is 0 Å². The fraction of sp³-hybridized carbons (Fsp3) is 0.273. The quantitative estimate of drug-likeness (QED) is 0.868. The summed E-state index contributed by atoms with van der Waals surface area (Å²) in [5.41, 5.74) is 1.10. The Morgan fingerprint density at radius 3 is 2.88 bits per heavy atom. The predicted octanol–water partition coefficient (Wildman–Crippen LogP) is 2.43. The normalized spacial score (nSPS) is 12.7. The van der Waals surface area contributed by atoms with Crippen molar-refractivity contribution in [3.8, 4) is 0 Å². The maximum absolute atomic E-state index is 13.5. The molecule has 84 valence electrons. The summed E-state index contributed by atoms with van der Waals surface area (Å²) in [7, 11) is 0. The molecule has 0 amide bonds. The number of aromatic amines is 1. The van der Waals surface area contributed by atoms with E-state index in [1.54, 1.807) is 12.3 Å². The third-order valence-corrected chi connectivity index (χ3v) is 2.49. The van der Waals surface area contributed by atoms with Crippen molar-refractivity contribution in [3.63, 3.8) is 0 Å². The fourth-order valence-electron chi connectivity index (χ4n) is 1.65. The van der Waals surface area contributed by atoms with Gasteiger partial charge in [0, 0.05) is 0 Å². The Labute approximate surface area is 91.5 Å². The number of aromatic nitrogens is 3. The van der Waals surface area contributed by atoms with E-state index in [0.29, 0.717) is 12.0 Å². The second-order valence-corrected chi connectivity index (χ2v) is 3.71. The number of hydrogen-bond donors (Lipinski definition) is 1. The Balaban J connectivity index is 2.21. The average molecular weight is 223 g/mol. The minimum absolute atomic E-state index is 0.138. The molecule has 0 saturated carbocycles. The molecule has 0 bridgehead atoms. The van der Waals surface area contributed by atoms with Crippen LogP contribution in [0.15, 0.2) is 24.4 Å². The average Bonchev–Trinajstić information content (AvgIpc) is 2.74. The first-order chi connectivity index (χ1) is 7.68. The number of nitrogens with zero attached hydrogens (tertiary/aromatic N) is 2. The highest BCUT2D eigenvalue weighted by Gasteiger charge is 2.15. The second-order valence-electron chi connectivity index (χ2n) is 3.71. The molecule has 1 atom stereocenters. The largest absolute Gasteiger partial charge is 0.204 e. The molecule has 3 nitrogen and oxygen atoms in total. The van der Waals surface area contributed by atoms with Gasteiger partial charge in [0.25, 0.3) is 0 Å². The Bertz CT molecular complexity index is 468. The lowest BCUT2D eigenvalue weighted by Gasteiger charge is -2.11. The Kier molecular flexibility index (Phi) is 2.94. The predicted molar refractivity (Wildman–Crippen MR) is 54.9 cm³/mol. The van der Waals surface area contributed by atoms with Gasteiger partial charge in [-0.15, -0.1) is 0 Å². The molecule has 0 aliphatic heterocycles. The lowest BCUT2D eigenvalue weighted by Crippen LogP contribution is -2.03. The smallest absolute Gasteiger partial charge is 0.162 e. The first-order valence-electron chi connectivity index (χ1n) is 4.97. The van der Waals surface area contributed by atoms with Crippen molar-refractivity contribution >= 4 is 0 Å². The molecule has 1 unspecified atom stereocenters. The van der Waals surface area contributed by atoms with Gasteiger partial charge in [-0.1, -0.05) is 19.1 Å². The van der Waals surface area contributed by atoms with Crippen molar-refractivity contribution in [1.29, 1.82) is 0 Å². The summed E-state index contributed by atoms with van der Waals surface area (Å²) < 4.78 is 26.5. The van der Waals surface area contributed by atoms with Gasteiger partial charge in [0.1, 0.15) is 0 Å². The van der Waals surface area contributed by atoms with Crippen molar-refractivity contribution in [2.24, 2.45) is 0 Å². The van der Waals surface area contributed by atoms with Crippen LogP contribution in [0, 0.1) is 11.6 Å². The lowest BCUT2D eigenvalue weighted by atomic mass is 9.96. The fourth-order valence-corrected chi connectivity index (χ4v) is 1.65. The van der Waals surface area contributed by atoms with Crippen molar-refractivity contribution in [1.82, 2.24) is 15.4 Å². The van der Waals surface area contributed by atoms with Crippen LogP contribution in [0.3, 0.4) is 0 Å². The number of hydrogen-bond acceptors (Lipinski definition) is 2. The van der Waals surface area contributed by atoms with E-state index < -0.39 is 11.6 Å². The van der Waals surface area contributed by atoms with E-state index >= 15 is 0 Å². The van der Waals surface area contributed by atoms with E-state index in [1.807, 2.05) is 6.92 Å². The SMILES string of the molecule is CC(Cc1cn[nH]n1)c1cccc(F)c1F. The second kappa shape index (κ2) is 4.38. The van der Waals surface area contributed by atoms with Gasteiger partial charge in [0.2, 0.25) is 0 Å². The summed E-state index contributed by atoms with van der Waals surface area (Å²) in [6.07, 6.45) is 2.10. The summed E-state index contributed by atoms with van der Waals surface area (Å²) in [5, 5.41) is 10.0. The molecular formula is C11H11F2N3. The molecule has 1 aromatic carbocycles. The maximum atomic E-state index is 13.5. The van der Waals surface area contributed by atoms with Crippen LogP contribution in [-0.2, 0) is 6.42 Å². The van der Waals surface area contributed by atoms with Gasteiger partial charge in [-0.2, -0.15) is 15.4 Å². The van der Waals surface area contributed by atoms with E-state index in [-0.39, 0.29) is 5.92 Å². The molecule has 1 aromatic heterocycles. The van der Waals surface area contributed by atoms with Crippen LogP contribution < -0.4 is 0 Å². The van der Waals surface area contributed by atoms with Crippen LogP contribution in [0.5, 0.6) is 0 Å². The third kappa shape index (κ3) is 2.08. The lowest BCUT2D eigenvalue weighted by molar-refractivity contribution is 0.490. The summed E-state index contributed by atoms with van der Waals surface area (Å²) in [4.78, 5) is 0. The number of rotatable bonds is 3. The van der Waals surface area contributed by atoms with Crippen molar-refractivity contribution in [2.45, 2.75) is 19.3 Å². The zero-order chi connectivity index (χ0) is 11.5. The molecule has 5 heteroatoms. The summed E-state index contributed by atoms with van der Waals surface area (Å²) in [5.74, 6) is -1.73. The van der Waals surface area contributed by atoms with Crippen LogP contribution in [0.1, 0.15) is 24.1 Å². The number of halogens is 2. The third-order valence-electron chi connectivity index (χ3n) is 2.49. The van der Waals surface area contributed by atoms with Crippen molar-refractivity contribution in [2.75, 3.05) is 0 Å². The van der Waals surface area contributed by atoms with E-state index in [4.69, 9.17) is 0 Å². The van der Waals surface area contributed by atoms with Gasteiger partial charge >= 0.3 is 0 Å². The van der Waals surface area contributed by atoms with Crippen LogP contribution in [0.4, 0.5) is 8.78 Å². The maximum Gasteiger partial charge on any atom is 0.162 e. The highest BCUT2D eigenvalue weighted by Crippen LogP contribution is 2.23. The van der Waals surface area contributed by atoms with Crippen LogP contribution in [-0.4, -0.2) is 15.4 Å². The summed E-state index contributed by atoms with van der Waals surface area (Å²) in [6, 6.07) is 4.21. The molecule has 1 heterocycles. The molecular weight excluding hydrogens is 212 g/mol. The summed E-state index contributed by atoms with van der Waals surface area (Å²) >= 11 is 0. The molecule has 0 spiro atoms. The molecule has 0 saturated heterocycles. The molecule has 2 aromatic rings. The first kappa shape index (κ1) is 10.7. The Hall–Kier alpha value is -1.78. The molecule has 0 fully saturated rings. The molecule has 2 rings (SSSR count). The van der Waals surface area contributed by atoms with E-state index in [0.717, 1.165) is 11.8 Å². The monoisotopic (exact) mass is 223 g/mol. The zero-order valence-electron chi connectivity index (χ0n) is 8.74. The van der Waals surface area contributed by atoms with Gasteiger partial charge in [-0.25, -0.2) is 8.78 Å². The minimum Gasteiger partial charge on any atom is -0.204 e. The van der Waals surface area contributed by atoms with Gasteiger partial charge in [0.05, 0.1) is 11.9 Å². The van der Waals surface area contributed by atoms with Crippen LogP contribution in [0.2, 0.25) is 0 Å². The van der Waals surface area contributed by atoms with Gasteiger partial charge < -0.3 is 0 Å². The van der Waals surface area contributed by atoms with E-state index in [2.05, 4.69) is 15.4 Å². The molecule has 0 aliphatic carbocycles. The molecule has 0 radical (unpaired) electrons. The van der Waals surface area contributed by atoms with Crippen molar-refractivity contribution < 1.29 is 8.78 Å². The topological polar surface area (TPSA) is 41.6 Å². The Morgan fingerprint density at radius 2 is 2.19 bits per heavy atom. The summed E-state index contributed by atoms with van der Waals surface area (Å²) in [6.45, 7) is 1.83. The number of benzene rings is 1. The molecule has 0 aliphatic rings. The zero-order valence-corrected chi connectivity index (χ0v) is 8.74. The molecule has 1 N–H and O–H groups in total. The standard InChI is InChI=1S/C11H11F2N3/c1-7(5-8-6-14-16-15-8)9-3-2-4-10(12)11(9)13/h2-4,6-7H,5H2,1H3,(H,14,15,16). The first-order valence-corrected chi connectivity index (χ1v) is 4.97. The van der Waals surface area contributed by atoms with Crippen molar-refractivity contribution in [3.05, 3.63) is 47.3 Å². The number of H-pyrrole nitrogens is 1. The van der Waals surface area contributed by atoms with Gasteiger partial charge in [-0.3, -0.25) is 0 Å². The van der Waals surface area contributed by atoms with E-state index in [9.17, 15) is 8.78 Å². The minimum atomic E-state index is -0.815. The van der Waals surface area contributed by atoms with Crippen LogP contribution in [0.25, 0.3) is 0 Å².